The summed E-state index contributed by atoms with van der Waals surface area (Å²) in [5.74, 6) is 0.501. The molecule has 0 saturated carbocycles. The van der Waals surface area contributed by atoms with Crippen molar-refractivity contribution in [3.8, 4) is 0 Å². The van der Waals surface area contributed by atoms with Gasteiger partial charge in [0.05, 0.1) is 5.52 Å². The van der Waals surface area contributed by atoms with E-state index in [1.807, 2.05) is 41.8 Å². The highest BCUT2D eigenvalue weighted by atomic mass is 16.2. The van der Waals surface area contributed by atoms with Crippen LogP contribution in [0.4, 0.5) is 0 Å². The zero-order chi connectivity index (χ0) is 17.7. The molecule has 0 aliphatic rings. The first-order valence-electron chi connectivity index (χ1n) is 8.39. The molecular weight excluding hydrogens is 302 g/mol. The minimum atomic E-state index is -0.0130. The molecule has 1 aromatic carbocycles. The first-order chi connectivity index (χ1) is 11.4. The predicted octanol–water partition coefficient (Wildman–Crippen LogP) is 2.05. The Morgan fingerprint density at radius 2 is 1.83 bits per heavy atom. The Balaban J connectivity index is 2.23. The average Bonchev–Trinajstić information content (AvgIpc) is 2.53. The van der Waals surface area contributed by atoms with Crippen LogP contribution in [0.5, 0.6) is 0 Å². The van der Waals surface area contributed by atoms with Gasteiger partial charge in [-0.15, -0.1) is 0 Å². The van der Waals surface area contributed by atoms with E-state index in [9.17, 15) is 9.59 Å². The predicted molar refractivity (Wildman–Crippen MR) is 98.2 cm³/mol. The molecule has 5 heteroatoms. The maximum Gasteiger partial charge on any atom is 0.242 e. The van der Waals surface area contributed by atoms with Crippen LogP contribution in [0.2, 0.25) is 0 Å². The molecule has 0 radical (unpaired) electrons. The van der Waals surface area contributed by atoms with E-state index in [0.29, 0.717) is 17.8 Å². The molecule has 1 aromatic heterocycles. The summed E-state index contributed by atoms with van der Waals surface area (Å²) < 4.78 is 1.86. The van der Waals surface area contributed by atoms with Gasteiger partial charge in [0.25, 0.3) is 0 Å². The van der Waals surface area contributed by atoms with Gasteiger partial charge in [-0.1, -0.05) is 26.0 Å². The van der Waals surface area contributed by atoms with E-state index in [2.05, 4.69) is 18.7 Å². The van der Waals surface area contributed by atoms with Crippen molar-refractivity contribution in [1.82, 2.24) is 14.4 Å². The standard InChI is InChI=1S/C19H27N3O2/c1-15(2)13-22(12-11-20(3)4)19(24)14-21-10-9-18(23)16-7-5-6-8-17(16)21/h5-10,15H,11-14H2,1-4H3. The van der Waals surface area contributed by atoms with Crippen LogP contribution in [0, 0.1) is 5.92 Å². The summed E-state index contributed by atoms with van der Waals surface area (Å²) >= 11 is 0. The summed E-state index contributed by atoms with van der Waals surface area (Å²) in [7, 11) is 4.01. The zero-order valence-electron chi connectivity index (χ0n) is 15.0. The molecule has 5 nitrogen and oxygen atoms in total. The van der Waals surface area contributed by atoms with Crippen LogP contribution < -0.4 is 5.43 Å². The molecule has 0 bridgehead atoms. The van der Waals surface area contributed by atoms with Gasteiger partial charge in [-0.2, -0.15) is 0 Å². The number of amides is 1. The zero-order valence-corrected chi connectivity index (χ0v) is 15.0. The molecule has 0 aliphatic heterocycles. The van der Waals surface area contributed by atoms with Crippen molar-refractivity contribution in [2.45, 2.75) is 20.4 Å². The minimum absolute atomic E-state index is 0.0130. The number of likely N-dealkylation sites (N-methyl/N-ethyl adjacent to an activating group) is 1. The van der Waals surface area contributed by atoms with Crippen molar-refractivity contribution in [1.29, 1.82) is 0 Å². The number of nitrogens with zero attached hydrogens (tertiary/aromatic N) is 3. The second kappa shape index (κ2) is 8.11. The molecule has 0 aliphatic carbocycles. The van der Waals surface area contributed by atoms with Gasteiger partial charge in [-0.25, -0.2) is 0 Å². The summed E-state index contributed by atoms with van der Waals surface area (Å²) in [6, 6.07) is 8.95. The Morgan fingerprint density at radius 3 is 2.50 bits per heavy atom. The molecule has 2 rings (SSSR count). The summed E-state index contributed by atoms with van der Waals surface area (Å²) in [5, 5.41) is 0.650. The maximum absolute atomic E-state index is 12.8. The number of pyridine rings is 1. The van der Waals surface area contributed by atoms with Gasteiger partial charge >= 0.3 is 0 Å². The number of rotatable bonds is 7. The van der Waals surface area contributed by atoms with Gasteiger partial charge in [0, 0.05) is 37.3 Å². The minimum Gasteiger partial charge on any atom is -0.340 e. The van der Waals surface area contributed by atoms with Crippen LogP contribution in [0.15, 0.2) is 41.3 Å². The van der Waals surface area contributed by atoms with Crippen molar-refractivity contribution in [2.24, 2.45) is 5.92 Å². The van der Waals surface area contributed by atoms with Crippen molar-refractivity contribution < 1.29 is 4.79 Å². The number of fused-ring (bicyclic) bond motifs is 1. The topological polar surface area (TPSA) is 45.5 Å². The number of benzene rings is 1. The average molecular weight is 329 g/mol. The molecule has 0 unspecified atom stereocenters. The van der Waals surface area contributed by atoms with Crippen molar-refractivity contribution in [2.75, 3.05) is 33.7 Å². The first-order valence-corrected chi connectivity index (χ1v) is 8.39. The van der Waals surface area contributed by atoms with Gasteiger partial charge in [0.1, 0.15) is 6.54 Å². The van der Waals surface area contributed by atoms with Gasteiger partial charge < -0.3 is 14.4 Å². The molecule has 0 saturated heterocycles. The second-order valence-electron chi connectivity index (χ2n) is 6.86. The van der Waals surface area contributed by atoms with Crippen molar-refractivity contribution >= 4 is 16.8 Å². The fourth-order valence-electron chi connectivity index (χ4n) is 2.72. The summed E-state index contributed by atoms with van der Waals surface area (Å²) in [5.41, 5.74) is 0.788. The van der Waals surface area contributed by atoms with E-state index in [0.717, 1.165) is 18.6 Å². The molecule has 1 heterocycles. The van der Waals surface area contributed by atoms with Crippen LogP contribution in [-0.4, -0.2) is 54.0 Å². The molecular formula is C19H27N3O2. The molecule has 0 spiro atoms. The van der Waals surface area contributed by atoms with E-state index in [1.54, 1.807) is 12.3 Å². The van der Waals surface area contributed by atoms with Gasteiger partial charge in [-0.3, -0.25) is 9.59 Å². The molecule has 1 amide bonds. The lowest BCUT2D eigenvalue weighted by Gasteiger charge is -2.27. The quantitative estimate of drug-likeness (QED) is 0.781. The van der Waals surface area contributed by atoms with Crippen molar-refractivity contribution in [3.63, 3.8) is 0 Å². The number of para-hydroxylation sites is 1. The fourth-order valence-corrected chi connectivity index (χ4v) is 2.72. The first kappa shape index (κ1) is 18.2. The molecule has 130 valence electrons. The Morgan fingerprint density at radius 1 is 1.12 bits per heavy atom. The Kier molecular flexibility index (Phi) is 6.15. The lowest BCUT2D eigenvalue weighted by Crippen LogP contribution is -2.40. The SMILES string of the molecule is CC(C)CN(CCN(C)C)C(=O)Cn1ccc(=O)c2ccccc21. The molecule has 0 fully saturated rings. The lowest BCUT2D eigenvalue weighted by molar-refractivity contribution is -0.132. The maximum atomic E-state index is 12.8. The van der Waals surface area contributed by atoms with Crippen LogP contribution >= 0.6 is 0 Å². The highest BCUT2D eigenvalue weighted by Gasteiger charge is 2.16. The van der Waals surface area contributed by atoms with E-state index in [4.69, 9.17) is 0 Å². The summed E-state index contributed by atoms with van der Waals surface area (Å²) in [6.45, 7) is 6.77. The Labute approximate surface area is 143 Å². The van der Waals surface area contributed by atoms with Crippen LogP contribution in [0.1, 0.15) is 13.8 Å². The molecule has 2 aromatic rings. The smallest absolute Gasteiger partial charge is 0.242 e. The number of aromatic nitrogens is 1. The van der Waals surface area contributed by atoms with Crippen molar-refractivity contribution in [3.05, 3.63) is 46.8 Å². The summed E-state index contributed by atoms with van der Waals surface area (Å²) in [4.78, 5) is 28.8. The number of carbonyl (C=O) groups is 1. The van der Waals surface area contributed by atoms with Crippen LogP contribution in [0.3, 0.4) is 0 Å². The van der Waals surface area contributed by atoms with Gasteiger partial charge in [-0.05, 0) is 32.1 Å². The lowest BCUT2D eigenvalue weighted by atomic mass is 10.2. The fraction of sp³-hybridized carbons (Fsp3) is 0.474. The van der Waals surface area contributed by atoms with Crippen LogP contribution in [-0.2, 0) is 11.3 Å². The van der Waals surface area contributed by atoms with Gasteiger partial charge in [0.15, 0.2) is 5.43 Å². The number of carbonyl (C=O) groups excluding carboxylic acids is 1. The highest BCUT2D eigenvalue weighted by Crippen LogP contribution is 2.10. The van der Waals surface area contributed by atoms with E-state index in [1.165, 1.54) is 6.07 Å². The molecule has 0 atom stereocenters. The Hall–Kier alpha value is -2.14. The third kappa shape index (κ3) is 4.68. The monoisotopic (exact) mass is 329 g/mol. The van der Waals surface area contributed by atoms with Crippen LogP contribution in [0.25, 0.3) is 10.9 Å². The largest absolute Gasteiger partial charge is 0.340 e. The third-order valence-electron chi connectivity index (χ3n) is 3.95. The van der Waals surface area contributed by atoms with Gasteiger partial charge in [0.2, 0.25) is 5.91 Å². The molecule has 24 heavy (non-hydrogen) atoms. The number of hydrogen-bond donors (Lipinski definition) is 0. The number of hydrogen-bond acceptors (Lipinski definition) is 3. The third-order valence-corrected chi connectivity index (χ3v) is 3.95. The highest BCUT2D eigenvalue weighted by molar-refractivity contribution is 5.82. The van der Waals surface area contributed by atoms with E-state index >= 15 is 0 Å². The van der Waals surface area contributed by atoms with E-state index in [-0.39, 0.29) is 17.9 Å². The normalized spacial score (nSPS) is 11.4. The molecule has 0 N–H and O–H groups in total. The van der Waals surface area contributed by atoms with E-state index < -0.39 is 0 Å². The summed E-state index contributed by atoms with van der Waals surface area (Å²) in [6.07, 6.45) is 1.71. The Bertz CT molecular complexity index is 750. The second-order valence-corrected chi connectivity index (χ2v) is 6.86.